The first kappa shape index (κ1) is 18.7. The summed E-state index contributed by atoms with van der Waals surface area (Å²) >= 11 is 0. The molecule has 1 aliphatic rings. The van der Waals surface area contributed by atoms with Crippen molar-refractivity contribution >= 4 is 16.8 Å². The summed E-state index contributed by atoms with van der Waals surface area (Å²) in [6, 6.07) is 16.9. The highest BCUT2D eigenvalue weighted by Crippen LogP contribution is 2.19. The molecule has 1 atom stereocenters. The predicted octanol–water partition coefficient (Wildman–Crippen LogP) is 3.38. The number of H-pyrrole nitrogens is 1. The molecule has 0 unspecified atom stereocenters. The van der Waals surface area contributed by atoms with Gasteiger partial charge in [-0.1, -0.05) is 35.9 Å². The molecule has 0 radical (unpaired) electrons. The summed E-state index contributed by atoms with van der Waals surface area (Å²) in [6.45, 7) is 5.63. The maximum Gasteiger partial charge on any atom is 0.221 e. The summed E-state index contributed by atoms with van der Waals surface area (Å²) in [4.78, 5) is 18.1. The molecule has 146 valence electrons. The van der Waals surface area contributed by atoms with Crippen LogP contribution in [0.5, 0.6) is 0 Å². The number of aromatic nitrogens is 1. The van der Waals surface area contributed by atoms with E-state index in [4.69, 9.17) is 4.74 Å². The van der Waals surface area contributed by atoms with Gasteiger partial charge in [0, 0.05) is 43.8 Å². The van der Waals surface area contributed by atoms with Crippen LogP contribution >= 0.6 is 0 Å². The van der Waals surface area contributed by atoms with Gasteiger partial charge in [0.05, 0.1) is 13.2 Å². The van der Waals surface area contributed by atoms with Gasteiger partial charge < -0.3 is 15.0 Å². The Balaban J connectivity index is 1.35. The number of aryl methyl sites for hydroxylation is 1. The van der Waals surface area contributed by atoms with E-state index in [1.165, 1.54) is 16.5 Å². The van der Waals surface area contributed by atoms with Crippen LogP contribution in [0.15, 0.2) is 54.7 Å². The van der Waals surface area contributed by atoms with E-state index >= 15 is 0 Å². The Bertz CT molecular complexity index is 950. The topological polar surface area (TPSA) is 57.4 Å². The number of amides is 1. The third-order valence-corrected chi connectivity index (χ3v) is 5.35. The molecule has 0 saturated carbocycles. The lowest BCUT2D eigenvalue weighted by atomic mass is 10.1. The van der Waals surface area contributed by atoms with Crippen molar-refractivity contribution in [3.05, 3.63) is 71.4 Å². The van der Waals surface area contributed by atoms with Gasteiger partial charge in [0.1, 0.15) is 0 Å². The number of carbonyl (C=O) groups excluding carboxylic acids is 1. The Labute approximate surface area is 165 Å². The number of fused-ring (bicyclic) bond motifs is 1. The minimum absolute atomic E-state index is 0.0723. The lowest BCUT2D eigenvalue weighted by Gasteiger charge is -2.35. The second kappa shape index (κ2) is 8.59. The zero-order valence-corrected chi connectivity index (χ0v) is 16.3. The van der Waals surface area contributed by atoms with E-state index in [1.54, 1.807) is 0 Å². The van der Waals surface area contributed by atoms with Gasteiger partial charge in [-0.25, -0.2) is 0 Å². The number of aromatic amines is 1. The molecule has 2 aromatic carbocycles. The first-order chi connectivity index (χ1) is 13.7. The molecule has 0 spiro atoms. The highest BCUT2D eigenvalue weighted by atomic mass is 16.5. The van der Waals surface area contributed by atoms with Gasteiger partial charge in [-0.05, 0) is 41.6 Å². The largest absolute Gasteiger partial charge is 0.378 e. The molecule has 1 fully saturated rings. The Morgan fingerprint density at radius 1 is 1.21 bits per heavy atom. The Kier molecular flexibility index (Phi) is 5.74. The molecule has 1 saturated heterocycles. The van der Waals surface area contributed by atoms with Crippen molar-refractivity contribution in [1.29, 1.82) is 0 Å². The third-order valence-electron chi connectivity index (χ3n) is 5.35. The fourth-order valence-electron chi connectivity index (χ4n) is 3.83. The normalized spacial score (nSPS) is 17.7. The summed E-state index contributed by atoms with van der Waals surface area (Å²) in [6.07, 6.45) is 2.42. The van der Waals surface area contributed by atoms with Crippen LogP contribution in [0.25, 0.3) is 10.9 Å². The minimum Gasteiger partial charge on any atom is -0.378 e. The zero-order valence-electron chi connectivity index (χ0n) is 16.3. The van der Waals surface area contributed by atoms with Gasteiger partial charge in [0.15, 0.2) is 0 Å². The van der Waals surface area contributed by atoms with Crippen molar-refractivity contribution < 1.29 is 9.53 Å². The summed E-state index contributed by atoms with van der Waals surface area (Å²) in [5.41, 5.74) is 4.75. The van der Waals surface area contributed by atoms with Gasteiger partial charge in [-0.2, -0.15) is 0 Å². The number of carbonyl (C=O) groups is 1. The number of nitrogens with zero attached hydrogens (tertiary/aromatic N) is 1. The van der Waals surface area contributed by atoms with Crippen molar-refractivity contribution in [2.45, 2.75) is 32.5 Å². The number of rotatable bonds is 6. The lowest BCUT2D eigenvalue weighted by molar-refractivity contribution is -0.124. The average Bonchev–Trinajstić information content (AvgIpc) is 3.16. The van der Waals surface area contributed by atoms with E-state index < -0.39 is 0 Å². The molecule has 5 heteroatoms. The average molecular weight is 377 g/mol. The number of hydrogen-bond donors (Lipinski definition) is 2. The number of benzene rings is 2. The molecule has 0 bridgehead atoms. The van der Waals surface area contributed by atoms with Crippen LogP contribution in [-0.2, 0) is 22.6 Å². The second-order valence-corrected chi connectivity index (χ2v) is 7.57. The van der Waals surface area contributed by atoms with Gasteiger partial charge in [0.25, 0.3) is 0 Å². The quantitative estimate of drug-likeness (QED) is 0.692. The summed E-state index contributed by atoms with van der Waals surface area (Å²) < 4.78 is 5.66. The van der Waals surface area contributed by atoms with Crippen molar-refractivity contribution in [2.75, 3.05) is 19.8 Å². The van der Waals surface area contributed by atoms with E-state index in [1.807, 2.05) is 18.3 Å². The van der Waals surface area contributed by atoms with E-state index in [-0.39, 0.29) is 11.9 Å². The Hall–Kier alpha value is -2.63. The first-order valence-corrected chi connectivity index (χ1v) is 9.87. The van der Waals surface area contributed by atoms with E-state index in [2.05, 4.69) is 58.5 Å². The van der Waals surface area contributed by atoms with Gasteiger partial charge >= 0.3 is 0 Å². The van der Waals surface area contributed by atoms with Crippen LogP contribution in [0, 0.1) is 6.92 Å². The summed E-state index contributed by atoms with van der Waals surface area (Å²) in [5, 5.41) is 4.27. The summed E-state index contributed by atoms with van der Waals surface area (Å²) in [5.74, 6) is 0.0723. The molecule has 1 amide bonds. The van der Waals surface area contributed by atoms with E-state index in [0.717, 1.165) is 24.2 Å². The molecule has 3 aromatic rings. The van der Waals surface area contributed by atoms with E-state index in [9.17, 15) is 4.79 Å². The molecule has 2 N–H and O–H groups in total. The third kappa shape index (κ3) is 4.61. The fourth-order valence-corrected chi connectivity index (χ4v) is 3.83. The van der Waals surface area contributed by atoms with Crippen molar-refractivity contribution in [3.8, 4) is 0 Å². The zero-order chi connectivity index (χ0) is 19.3. The molecule has 28 heavy (non-hydrogen) atoms. The van der Waals surface area contributed by atoms with Gasteiger partial charge in [-0.3, -0.25) is 9.69 Å². The Morgan fingerprint density at radius 2 is 2.14 bits per heavy atom. The van der Waals surface area contributed by atoms with Crippen molar-refractivity contribution in [2.24, 2.45) is 0 Å². The highest BCUT2D eigenvalue weighted by Gasteiger charge is 2.25. The molecular formula is C23H27N3O2. The molecule has 1 aromatic heterocycles. The predicted molar refractivity (Wildman–Crippen MR) is 111 cm³/mol. The van der Waals surface area contributed by atoms with Crippen LogP contribution in [0.4, 0.5) is 0 Å². The van der Waals surface area contributed by atoms with Gasteiger partial charge in [-0.15, -0.1) is 0 Å². The Morgan fingerprint density at radius 3 is 3.04 bits per heavy atom. The van der Waals surface area contributed by atoms with Gasteiger partial charge in [0.2, 0.25) is 5.91 Å². The maximum atomic E-state index is 12.5. The highest BCUT2D eigenvalue weighted by molar-refractivity contribution is 5.80. The SMILES string of the molecule is Cc1cccc(CNC(=O)C[C@@H]2COCCN2Cc2ccc3[nH]ccc3c2)c1. The standard InChI is InChI=1S/C23H27N3O2/c1-17-3-2-4-18(11-17)14-25-23(27)13-21-16-28-10-9-26(21)15-19-5-6-22-20(12-19)7-8-24-22/h2-8,11-12,21,24H,9-10,13-16H2,1H3,(H,25,27)/t21-/m1/s1. The molecule has 5 nitrogen and oxygen atoms in total. The molecule has 1 aliphatic heterocycles. The van der Waals surface area contributed by atoms with Crippen molar-refractivity contribution in [3.63, 3.8) is 0 Å². The second-order valence-electron chi connectivity index (χ2n) is 7.57. The minimum atomic E-state index is 0.0723. The van der Waals surface area contributed by atoms with Crippen LogP contribution in [-0.4, -0.2) is 41.6 Å². The molecule has 0 aliphatic carbocycles. The van der Waals surface area contributed by atoms with Crippen LogP contribution in [0.2, 0.25) is 0 Å². The van der Waals surface area contributed by atoms with Crippen LogP contribution in [0.1, 0.15) is 23.1 Å². The summed E-state index contributed by atoms with van der Waals surface area (Å²) in [7, 11) is 0. The smallest absolute Gasteiger partial charge is 0.221 e. The number of hydrogen-bond acceptors (Lipinski definition) is 3. The number of nitrogens with one attached hydrogen (secondary N) is 2. The van der Waals surface area contributed by atoms with Crippen LogP contribution < -0.4 is 5.32 Å². The van der Waals surface area contributed by atoms with Crippen molar-refractivity contribution in [1.82, 2.24) is 15.2 Å². The number of ether oxygens (including phenoxy) is 1. The van der Waals surface area contributed by atoms with E-state index in [0.29, 0.717) is 26.2 Å². The number of morpholine rings is 1. The maximum absolute atomic E-state index is 12.5. The molecule has 2 heterocycles. The fraction of sp³-hybridized carbons (Fsp3) is 0.348. The van der Waals surface area contributed by atoms with Crippen LogP contribution in [0.3, 0.4) is 0 Å². The lowest BCUT2D eigenvalue weighted by Crippen LogP contribution is -2.47. The molecular weight excluding hydrogens is 350 g/mol. The monoisotopic (exact) mass is 377 g/mol. The molecule has 4 rings (SSSR count). The first-order valence-electron chi connectivity index (χ1n) is 9.87.